The lowest BCUT2D eigenvalue weighted by Gasteiger charge is -2.31. The summed E-state index contributed by atoms with van der Waals surface area (Å²) in [4.78, 5) is 41.1. The number of ether oxygens (including phenoxy) is 1. The topological polar surface area (TPSA) is 101 Å². The predicted molar refractivity (Wildman–Crippen MR) is 170 cm³/mol. The lowest BCUT2D eigenvalue weighted by molar-refractivity contribution is -0.139. The number of carboxylic acids is 1. The van der Waals surface area contributed by atoms with E-state index in [2.05, 4.69) is 5.32 Å². The third kappa shape index (κ3) is 8.84. The quantitative estimate of drug-likeness (QED) is 0.182. The lowest BCUT2D eigenvalue weighted by atomic mass is 9.91. The molecule has 1 amide bonds. The molecular weight excluding hydrogens is 675 g/mol. The van der Waals surface area contributed by atoms with Gasteiger partial charge >= 0.3 is 18.3 Å². The molecule has 272 valence electrons. The van der Waals surface area contributed by atoms with E-state index in [0.29, 0.717) is 12.6 Å². The number of aromatic nitrogens is 1. The summed E-state index contributed by atoms with van der Waals surface area (Å²) in [6.07, 6.45) is -8.85. The molecule has 15 heteroatoms. The number of amides is 1. The van der Waals surface area contributed by atoms with Crippen molar-refractivity contribution in [1.29, 1.82) is 0 Å². The van der Waals surface area contributed by atoms with E-state index in [-0.39, 0.29) is 41.2 Å². The monoisotopic (exact) mass is 713 g/mol. The van der Waals surface area contributed by atoms with Crippen molar-refractivity contribution in [2.75, 3.05) is 26.7 Å². The normalized spacial score (nSPS) is 15.0. The number of hydrogen-bond donors (Lipinski definition) is 2. The molecule has 1 aliphatic heterocycles. The highest BCUT2D eigenvalue weighted by Gasteiger charge is 2.38. The Morgan fingerprint density at radius 1 is 1.02 bits per heavy atom. The van der Waals surface area contributed by atoms with Crippen molar-refractivity contribution in [2.24, 2.45) is 5.92 Å². The number of hydrogen-bond acceptors (Lipinski definition) is 5. The predicted octanol–water partition coefficient (Wildman–Crippen LogP) is 7.18. The first-order valence-electron chi connectivity index (χ1n) is 15.9. The molecule has 0 saturated carbocycles. The molecule has 1 unspecified atom stereocenters. The second-order valence-corrected chi connectivity index (χ2v) is 12.8. The molecular formula is C35H38F7N3O5. The van der Waals surface area contributed by atoms with Crippen LogP contribution < -0.4 is 15.6 Å². The van der Waals surface area contributed by atoms with E-state index in [1.807, 2.05) is 4.90 Å². The number of carbonyl (C=O) groups is 2. The van der Waals surface area contributed by atoms with Crippen molar-refractivity contribution in [2.45, 2.75) is 70.9 Å². The molecule has 2 heterocycles. The summed E-state index contributed by atoms with van der Waals surface area (Å²) in [5.74, 6) is -3.97. The van der Waals surface area contributed by atoms with Crippen molar-refractivity contribution in [3.8, 4) is 16.9 Å². The second kappa shape index (κ2) is 15.2. The van der Waals surface area contributed by atoms with Crippen LogP contribution in [0.3, 0.4) is 0 Å². The molecule has 2 N–H and O–H groups in total. The van der Waals surface area contributed by atoms with Crippen molar-refractivity contribution in [3.05, 3.63) is 86.6 Å². The Kier molecular flexibility index (Phi) is 11.7. The number of nitrogens with zero attached hydrogens (tertiary/aromatic N) is 2. The Hall–Kier alpha value is -4.40. The lowest BCUT2D eigenvalue weighted by Crippen LogP contribution is -2.41. The van der Waals surface area contributed by atoms with Crippen LogP contribution in [0.4, 0.5) is 30.7 Å². The van der Waals surface area contributed by atoms with Crippen LogP contribution in [0, 0.1) is 18.7 Å². The molecule has 0 radical (unpaired) electrons. The molecule has 1 aromatic heterocycles. The largest absolute Gasteiger partial charge is 0.496 e. The summed E-state index contributed by atoms with van der Waals surface area (Å²) in [7, 11) is 1.15. The zero-order valence-electron chi connectivity index (χ0n) is 27.8. The van der Waals surface area contributed by atoms with Gasteiger partial charge in [0.05, 0.1) is 30.7 Å². The number of halogens is 7. The number of alkyl halides is 6. The number of rotatable bonds is 13. The van der Waals surface area contributed by atoms with Gasteiger partial charge in [-0.1, -0.05) is 19.9 Å². The number of aliphatic carboxylic acids is 1. The summed E-state index contributed by atoms with van der Waals surface area (Å²) >= 11 is 0. The zero-order chi connectivity index (χ0) is 37.1. The summed E-state index contributed by atoms with van der Waals surface area (Å²) in [6, 6.07) is 2.67. The molecule has 0 aliphatic carbocycles. The number of benzene rings is 2. The Balaban J connectivity index is 1.81. The smallest absolute Gasteiger partial charge is 0.417 e. The first-order chi connectivity index (χ1) is 23.3. The zero-order valence-corrected chi connectivity index (χ0v) is 27.8. The first-order valence-corrected chi connectivity index (χ1v) is 15.9. The standard InChI is InChI=1S/C35H38F7N3O5/c1-19(2)13-27(45-18-21(9-12-44-10-6-11-44)25(16-29(45)46)35(40,41)42)33(49)43-26(17-30(47)48)23-15-22(14-20(3)32(23)36)31-24(34(37,38)39)7-5-8-28(31)50-4/h5,7-8,14-16,18-19,26-27H,6,9-13,17H2,1-4H3,(H,43,49)(H,47,48)/t26-,27?/m0/s1. The van der Waals surface area contributed by atoms with Crippen molar-refractivity contribution in [1.82, 2.24) is 14.8 Å². The van der Waals surface area contributed by atoms with Crippen molar-refractivity contribution >= 4 is 11.9 Å². The van der Waals surface area contributed by atoms with E-state index in [9.17, 15) is 45.8 Å². The molecule has 4 rings (SSSR count). The average molecular weight is 714 g/mol. The van der Waals surface area contributed by atoms with Crippen LogP contribution in [0.1, 0.15) is 73.0 Å². The third-order valence-corrected chi connectivity index (χ3v) is 8.64. The van der Waals surface area contributed by atoms with E-state index < -0.39 is 76.4 Å². The van der Waals surface area contributed by atoms with E-state index in [0.717, 1.165) is 61.6 Å². The molecule has 3 aromatic rings. The Labute approximate surface area is 283 Å². The number of likely N-dealkylation sites (tertiary alicyclic amines) is 1. The van der Waals surface area contributed by atoms with Crippen LogP contribution in [0.15, 0.2) is 47.4 Å². The first kappa shape index (κ1) is 38.4. The number of methoxy groups -OCH3 is 1. The van der Waals surface area contributed by atoms with E-state index in [1.54, 1.807) is 13.8 Å². The van der Waals surface area contributed by atoms with Gasteiger partial charge in [0.15, 0.2) is 0 Å². The molecule has 2 aromatic carbocycles. The maximum absolute atomic E-state index is 15.8. The highest BCUT2D eigenvalue weighted by atomic mass is 19.4. The maximum Gasteiger partial charge on any atom is 0.417 e. The van der Waals surface area contributed by atoms with Gasteiger partial charge in [-0.25, -0.2) is 4.39 Å². The van der Waals surface area contributed by atoms with E-state index in [4.69, 9.17) is 4.74 Å². The SMILES string of the molecule is COc1cccc(C(F)(F)F)c1-c1cc(C)c(F)c([C@H](CC(=O)O)NC(=O)C(CC(C)C)n2cc(CCN3CCC3)c(C(F)(F)F)cc2=O)c1. The van der Waals surface area contributed by atoms with Gasteiger partial charge in [-0.2, -0.15) is 26.3 Å². The highest BCUT2D eigenvalue weighted by molar-refractivity contribution is 5.82. The van der Waals surface area contributed by atoms with E-state index in [1.165, 1.54) is 13.0 Å². The number of aryl methyl sites for hydroxylation is 1. The minimum Gasteiger partial charge on any atom is -0.496 e. The van der Waals surface area contributed by atoms with Crippen LogP contribution >= 0.6 is 0 Å². The van der Waals surface area contributed by atoms with Gasteiger partial charge in [-0.3, -0.25) is 14.4 Å². The number of carbonyl (C=O) groups excluding carboxylic acids is 1. The van der Waals surface area contributed by atoms with Gasteiger partial charge < -0.3 is 24.6 Å². The number of nitrogens with one attached hydrogen (secondary N) is 1. The molecule has 8 nitrogen and oxygen atoms in total. The van der Waals surface area contributed by atoms with Crippen LogP contribution in [0.5, 0.6) is 5.75 Å². The van der Waals surface area contributed by atoms with Gasteiger partial charge in [0.25, 0.3) is 5.56 Å². The number of carboxylic acid groups (broad SMARTS) is 1. The minimum absolute atomic E-state index is 0.0626. The summed E-state index contributed by atoms with van der Waals surface area (Å²) in [5, 5.41) is 12.2. The fourth-order valence-electron chi connectivity index (χ4n) is 6.09. The molecule has 0 spiro atoms. The number of pyridine rings is 1. The molecule has 2 atom stereocenters. The van der Waals surface area contributed by atoms with Crippen LogP contribution in [0.2, 0.25) is 0 Å². The molecule has 50 heavy (non-hydrogen) atoms. The molecule has 1 aliphatic rings. The Morgan fingerprint density at radius 2 is 1.68 bits per heavy atom. The van der Waals surface area contributed by atoms with Crippen molar-refractivity contribution in [3.63, 3.8) is 0 Å². The summed E-state index contributed by atoms with van der Waals surface area (Å²) < 4.78 is 106. The minimum atomic E-state index is -4.85. The average Bonchev–Trinajstić information content (AvgIpc) is 2.99. The van der Waals surface area contributed by atoms with Gasteiger partial charge in [0, 0.05) is 29.9 Å². The van der Waals surface area contributed by atoms with Crippen LogP contribution in [-0.4, -0.2) is 53.2 Å². The summed E-state index contributed by atoms with van der Waals surface area (Å²) in [5.41, 5.74) is -4.78. The van der Waals surface area contributed by atoms with E-state index >= 15 is 4.39 Å². The fraction of sp³-hybridized carbons (Fsp3) is 0.457. The summed E-state index contributed by atoms with van der Waals surface area (Å²) in [6.45, 7) is 6.39. The van der Waals surface area contributed by atoms with Gasteiger partial charge in [0.1, 0.15) is 17.6 Å². The Bertz CT molecular complexity index is 1780. The Morgan fingerprint density at radius 3 is 2.22 bits per heavy atom. The second-order valence-electron chi connectivity index (χ2n) is 12.8. The molecule has 1 saturated heterocycles. The van der Waals surface area contributed by atoms with Crippen molar-refractivity contribution < 1.29 is 50.2 Å². The highest BCUT2D eigenvalue weighted by Crippen LogP contribution is 2.43. The maximum atomic E-state index is 15.8. The van der Waals surface area contributed by atoms with Gasteiger partial charge in [-0.15, -0.1) is 0 Å². The molecule has 1 fully saturated rings. The van der Waals surface area contributed by atoms with Crippen LogP contribution in [0.25, 0.3) is 11.1 Å². The fourth-order valence-corrected chi connectivity index (χ4v) is 6.09. The van der Waals surface area contributed by atoms with Gasteiger partial charge in [0.2, 0.25) is 5.91 Å². The van der Waals surface area contributed by atoms with Crippen LogP contribution in [-0.2, 0) is 28.4 Å². The van der Waals surface area contributed by atoms with Gasteiger partial charge in [-0.05, 0) is 86.1 Å². The molecule has 0 bridgehead atoms. The third-order valence-electron chi connectivity index (χ3n) is 8.64.